The molecule has 3 heteroatoms. The average molecular weight is 235 g/mol. The van der Waals surface area contributed by atoms with Crippen LogP contribution in [0.1, 0.15) is 23.7 Å². The van der Waals surface area contributed by atoms with Crippen molar-refractivity contribution in [1.82, 2.24) is 9.55 Å². The van der Waals surface area contributed by atoms with E-state index in [1.165, 1.54) is 5.56 Å². The molecule has 0 saturated heterocycles. The molecule has 2 aromatic rings. The number of rotatable bonds is 3. The molecule has 0 bridgehead atoms. The highest BCUT2D eigenvalue weighted by molar-refractivity contribution is 6.20. The van der Waals surface area contributed by atoms with Crippen molar-refractivity contribution in [3.63, 3.8) is 0 Å². The van der Waals surface area contributed by atoms with Gasteiger partial charge in [-0.1, -0.05) is 12.1 Å². The smallest absolute Gasteiger partial charge is 0.128 e. The van der Waals surface area contributed by atoms with Crippen LogP contribution in [-0.2, 0) is 6.54 Å². The highest BCUT2D eigenvalue weighted by Gasteiger charge is 2.13. The van der Waals surface area contributed by atoms with Gasteiger partial charge in [0.15, 0.2) is 0 Å². The Hall–Kier alpha value is -1.28. The van der Waals surface area contributed by atoms with Gasteiger partial charge in [0.2, 0.25) is 0 Å². The molecule has 1 aromatic heterocycles. The third-order valence-corrected chi connectivity index (χ3v) is 2.80. The van der Waals surface area contributed by atoms with Gasteiger partial charge >= 0.3 is 0 Å². The van der Waals surface area contributed by atoms with Crippen LogP contribution in [0.5, 0.6) is 0 Å². The number of halogens is 1. The van der Waals surface area contributed by atoms with E-state index in [0.717, 1.165) is 23.4 Å². The second-order valence-corrected chi connectivity index (χ2v) is 4.63. The zero-order valence-corrected chi connectivity index (χ0v) is 10.3. The molecule has 0 amide bonds. The maximum absolute atomic E-state index is 6.14. The first-order valence-corrected chi connectivity index (χ1v) is 5.79. The van der Waals surface area contributed by atoms with E-state index in [0.29, 0.717) is 0 Å². The molecular formula is C13H15ClN2. The molecule has 0 radical (unpaired) electrons. The summed E-state index contributed by atoms with van der Waals surface area (Å²) in [4.78, 5) is 4.57. The first kappa shape index (κ1) is 11.2. The molecule has 0 spiro atoms. The summed E-state index contributed by atoms with van der Waals surface area (Å²) in [7, 11) is 0. The fraction of sp³-hybridized carbons (Fsp3) is 0.308. The van der Waals surface area contributed by atoms with Gasteiger partial charge in [-0.3, -0.25) is 0 Å². The van der Waals surface area contributed by atoms with Crippen molar-refractivity contribution in [2.75, 3.05) is 0 Å². The zero-order chi connectivity index (χ0) is 11.7. The summed E-state index contributed by atoms with van der Waals surface area (Å²) in [6.45, 7) is 8.52. The van der Waals surface area contributed by atoms with E-state index in [4.69, 9.17) is 11.6 Å². The summed E-state index contributed by atoms with van der Waals surface area (Å²) in [5.74, 6) is 0.905. The Morgan fingerprint density at radius 1 is 1.56 bits per heavy atom. The summed E-state index contributed by atoms with van der Waals surface area (Å²) >= 11 is 6.14. The Kier molecular flexibility index (Phi) is 3.01. The van der Waals surface area contributed by atoms with Gasteiger partial charge in [-0.2, -0.15) is 0 Å². The Morgan fingerprint density at radius 2 is 2.31 bits per heavy atom. The quantitative estimate of drug-likeness (QED) is 0.583. The average Bonchev–Trinajstić information content (AvgIpc) is 2.57. The van der Waals surface area contributed by atoms with E-state index < -0.39 is 0 Å². The van der Waals surface area contributed by atoms with Crippen LogP contribution in [0, 0.1) is 6.92 Å². The van der Waals surface area contributed by atoms with Crippen LogP contribution in [0.2, 0.25) is 0 Å². The molecule has 2 rings (SSSR count). The molecule has 16 heavy (non-hydrogen) atoms. The van der Waals surface area contributed by atoms with Crippen molar-refractivity contribution in [3.05, 3.63) is 42.2 Å². The second kappa shape index (κ2) is 4.30. The first-order valence-electron chi connectivity index (χ1n) is 5.35. The van der Waals surface area contributed by atoms with E-state index in [-0.39, 0.29) is 5.38 Å². The minimum atomic E-state index is -0.0901. The summed E-state index contributed by atoms with van der Waals surface area (Å²) < 4.78 is 2.11. The fourth-order valence-corrected chi connectivity index (χ4v) is 2.05. The van der Waals surface area contributed by atoms with Crippen LogP contribution in [0.4, 0.5) is 0 Å². The maximum atomic E-state index is 6.14. The summed E-state index contributed by atoms with van der Waals surface area (Å²) in [5.41, 5.74) is 3.34. The predicted molar refractivity (Wildman–Crippen MR) is 68.9 cm³/mol. The highest BCUT2D eigenvalue weighted by Crippen LogP contribution is 2.25. The number of nitrogens with zero attached hydrogens (tertiary/aromatic N) is 2. The minimum Gasteiger partial charge on any atom is -0.323 e. The van der Waals surface area contributed by atoms with Crippen molar-refractivity contribution in [3.8, 4) is 0 Å². The van der Waals surface area contributed by atoms with Crippen LogP contribution < -0.4 is 0 Å². The first-order chi connectivity index (χ1) is 7.63. The molecule has 1 atom stereocenters. The number of alkyl halides is 1. The Balaban J connectivity index is 2.70. The van der Waals surface area contributed by atoms with Gasteiger partial charge in [0.1, 0.15) is 5.82 Å². The third-order valence-electron chi connectivity index (χ3n) is 2.60. The SMILES string of the molecule is C=CCn1c(C(C)Cl)nc2cc(C)ccc21. The lowest BCUT2D eigenvalue weighted by Gasteiger charge is -2.07. The van der Waals surface area contributed by atoms with Gasteiger partial charge in [0, 0.05) is 6.54 Å². The monoisotopic (exact) mass is 234 g/mol. The molecule has 1 aromatic carbocycles. The van der Waals surface area contributed by atoms with E-state index >= 15 is 0 Å². The third kappa shape index (κ3) is 1.85. The van der Waals surface area contributed by atoms with E-state index in [1.807, 2.05) is 13.0 Å². The van der Waals surface area contributed by atoms with E-state index in [2.05, 4.69) is 41.3 Å². The molecule has 84 valence electrons. The predicted octanol–water partition coefficient (Wildman–Crippen LogP) is 3.83. The lowest BCUT2D eigenvalue weighted by Crippen LogP contribution is -2.02. The Labute approximate surface area is 101 Å². The molecule has 1 unspecified atom stereocenters. The van der Waals surface area contributed by atoms with Gasteiger partial charge in [-0.25, -0.2) is 4.98 Å². The molecule has 0 fully saturated rings. The van der Waals surface area contributed by atoms with Gasteiger partial charge in [-0.05, 0) is 31.5 Å². The number of hydrogen-bond donors (Lipinski definition) is 0. The van der Waals surface area contributed by atoms with Crippen LogP contribution in [0.25, 0.3) is 11.0 Å². The van der Waals surface area contributed by atoms with E-state index in [9.17, 15) is 0 Å². The zero-order valence-electron chi connectivity index (χ0n) is 9.57. The van der Waals surface area contributed by atoms with Crippen molar-refractivity contribution in [2.45, 2.75) is 25.8 Å². The van der Waals surface area contributed by atoms with Crippen molar-refractivity contribution >= 4 is 22.6 Å². The molecule has 0 aliphatic carbocycles. The van der Waals surface area contributed by atoms with Gasteiger partial charge in [-0.15, -0.1) is 18.2 Å². The summed E-state index contributed by atoms with van der Waals surface area (Å²) in [6, 6.07) is 6.26. The van der Waals surface area contributed by atoms with Gasteiger partial charge in [0.25, 0.3) is 0 Å². The molecular weight excluding hydrogens is 220 g/mol. The van der Waals surface area contributed by atoms with Crippen LogP contribution in [0.15, 0.2) is 30.9 Å². The number of fused-ring (bicyclic) bond motifs is 1. The van der Waals surface area contributed by atoms with Crippen LogP contribution in [0.3, 0.4) is 0 Å². The largest absolute Gasteiger partial charge is 0.323 e. The van der Waals surface area contributed by atoms with Gasteiger partial charge in [0.05, 0.1) is 16.4 Å². The maximum Gasteiger partial charge on any atom is 0.128 e. The minimum absolute atomic E-state index is 0.0901. The topological polar surface area (TPSA) is 17.8 Å². The lowest BCUT2D eigenvalue weighted by atomic mass is 10.2. The fourth-order valence-electron chi connectivity index (χ4n) is 1.88. The standard InChI is InChI=1S/C13H15ClN2/c1-4-7-16-12-6-5-9(2)8-11(12)15-13(16)10(3)14/h4-6,8,10H,1,7H2,2-3H3. The highest BCUT2D eigenvalue weighted by atomic mass is 35.5. The molecule has 2 nitrogen and oxygen atoms in total. The number of aromatic nitrogens is 2. The van der Waals surface area contributed by atoms with Gasteiger partial charge < -0.3 is 4.57 Å². The van der Waals surface area contributed by atoms with Crippen LogP contribution >= 0.6 is 11.6 Å². The number of hydrogen-bond acceptors (Lipinski definition) is 1. The summed E-state index contributed by atoms with van der Waals surface area (Å²) in [6.07, 6.45) is 1.86. The summed E-state index contributed by atoms with van der Waals surface area (Å²) in [5, 5.41) is -0.0901. The number of benzene rings is 1. The van der Waals surface area contributed by atoms with E-state index in [1.54, 1.807) is 0 Å². The van der Waals surface area contributed by atoms with Crippen molar-refractivity contribution < 1.29 is 0 Å². The lowest BCUT2D eigenvalue weighted by molar-refractivity contribution is 0.758. The van der Waals surface area contributed by atoms with Crippen LogP contribution in [-0.4, -0.2) is 9.55 Å². The normalized spacial score (nSPS) is 12.9. The number of allylic oxidation sites excluding steroid dienone is 1. The second-order valence-electron chi connectivity index (χ2n) is 3.98. The molecule has 0 aliphatic heterocycles. The Bertz CT molecular complexity index is 526. The molecule has 1 heterocycles. The molecule has 0 N–H and O–H groups in total. The number of aryl methyl sites for hydroxylation is 1. The number of imidazole rings is 1. The molecule has 0 aliphatic rings. The molecule has 0 saturated carbocycles. The van der Waals surface area contributed by atoms with Crippen molar-refractivity contribution in [2.24, 2.45) is 0 Å². The Morgan fingerprint density at radius 3 is 2.94 bits per heavy atom. The van der Waals surface area contributed by atoms with Crippen molar-refractivity contribution in [1.29, 1.82) is 0 Å².